The monoisotopic (exact) mass is 357 g/mol. The Morgan fingerprint density at radius 3 is 2.88 bits per heavy atom. The largest absolute Gasteiger partial charge is 0.480 e. The lowest BCUT2D eigenvalue weighted by Crippen LogP contribution is -2.40. The van der Waals surface area contributed by atoms with E-state index in [1.54, 1.807) is 25.4 Å². The highest BCUT2D eigenvalue weighted by atomic mass is 16.5. The Hall–Kier alpha value is -2.74. The molecule has 0 aliphatic carbocycles. The molecular weight excluding hydrogens is 334 g/mol. The van der Waals surface area contributed by atoms with Crippen molar-refractivity contribution in [2.45, 2.75) is 25.5 Å². The van der Waals surface area contributed by atoms with Crippen molar-refractivity contribution in [3.05, 3.63) is 42.0 Å². The smallest absolute Gasteiger partial charge is 0.256 e. The van der Waals surface area contributed by atoms with Gasteiger partial charge in [-0.25, -0.2) is 15.0 Å². The third-order valence-corrected chi connectivity index (χ3v) is 4.51. The Kier molecular flexibility index (Phi) is 5.62. The summed E-state index contributed by atoms with van der Waals surface area (Å²) in [5, 5.41) is 2.98. The van der Waals surface area contributed by atoms with Crippen LogP contribution in [0.5, 0.6) is 5.88 Å². The molecule has 0 radical (unpaired) electrons. The Bertz CT molecular complexity index is 756. The standard InChI is InChI=1S/C18H23N5O3/c1-12-4-5-15(18(22-12)26-3)17(24)20-9-13-8-14(25-2)10-23(13)16-6-7-19-11-21-16/h4-7,11,13-14H,8-10H2,1-3H3,(H,20,24)/t13-,14-/m1/s1. The Labute approximate surface area is 152 Å². The zero-order valence-electron chi connectivity index (χ0n) is 15.2. The maximum atomic E-state index is 12.6. The van der Waals surface area contributed by atoms with Crippen molar-refractivity contribution < 1.29 is 14.3 Å². The molecule has 1 aliphatic heterocycles. The highest BCUT2D eigenvalue weighted by molar-refractivity contribution is 5.96. The number of rotatable bonds is 6. The molecule has 0 aromatic carbocycles. The highest BCUT2D eigenvalue weighted by Gasteiger charge is 2.33. The van der Waals surface area contributed by atoms with Crippen LogP contribution in [0.2, 0.25) is 0 Å². The molecule has 1 amide bonds. The highest BCUT2D eigenvalue weighted by Crippen LogP contribution is 2.25. The van der Waals surface area contributed by atoms with E-state index in [4.69, 9.17) is 9.47 Å². The summed E-state index contributed by atoms with van der Waals surface area (Å²) in [5.41, 5.74) is 1.22. The number of carbonyl (C=O) groups excluding carboxylic acids is 1. The quantitative estimate of drug-likeness (QED) is 0.831. The summed E-state index contributed by atoms with van der Waals surface area (Å²) in [6.45, 7) is 3.05. The number of ether oxygens (including phenoxy) is 2. The summed E-state index contributed by atoms with van der Waals surface area (Å²) < 4.78 is 10.7. The van der Waals surface area contributed by atoms with Crippen molar-refractivity contribution in [3.8, 4) is 5.88 Å². The van der Waals surface area contributed by atoms with Crippen LogP contribution >= 0.6 is 0 Å². The van der Waals surface area contributed by atoms with E-state index in [1.807, 2.05) is 13.0 Å². The van der Waals surface area contributed by atoms with Gasteiger partial charge in [-0.1, -0.05) is 0 Å². The maximum absolute atomic E-state index is 12.6. The number of nitrogens with zero attached hydrogens (tertiary/aromatic N) is 4. The molecule has 1 fully saturated rings. The first kappa shape index (κ1) is 18.1. The molecule has 26 heavy (non-hydrogen) atoms. The van der Waals surface area contributed by atoms with Crippen molar-refractivity contribution in [2.24, 2.45) is 0 Å². The minimum atomic E-state index is -0.210. The van der Waals surface area contributed by atoms with E-state index in [1.165, 1.54) is 13.4 Å². The van der Waals surface area contributed by atoms with Crippen molar-refractivity contribution in [2.75, 3.05) is 32.2 Å². The first-order chi connectivity index (χ1) is 12.6. The number of aryl methyl sites for hydroxylation is 1. The molecule has 2 aromatic heterocycles. The predicted octanol–water partition coefficient (Wildman–Crippen LogP) is 1.21. The molecule has 2 aromatic rings. The lowest BCUT2D eigenvalue weighted by Gasteiger charge is -2.25. The summed E-state index contributed by atoms with van der Waals surface area (Å²) >= 11 is 0. The molecule has 8 nitrogen and oxygen atoms in total. The van der Waals surface area contributed by atoms with Crippen molar-refractivity contribution in [3.63, 3.8) is 0 Å². The lowest BCUT2D eigenvalue weighted by molar-refractivity contribution is 0.0942. The SMILES string of the molecule is COc1nc(C)ccc1C(=O)NC[C@H]1C[C@@H](OC)CN1c1ccncn1. The van der Waals surface area contributed by atoms with E-state index in [0.29, 0.717) is 18.0 Å². The van der Waals surface area contributed by atoms with Gasteiger partial charge in [-0.05, 0) is 31.5 Å². The number of anilines is 1. The molecule has 2 atom stereocenters. The van der Waals surface area contributed by atoms with Gasteiger partial charge in [0.15, 0.2) is 0 Å². The minimum absolute atomic E-state index is 0.0863. The summed E-state index contributed by atoms with van der Waals surface area (Å²) in [7, 11) is 3.21. The van der Waals surface area contributed by atoms with Gasteiger partial charge < -0.3 is 19.7 Å². The molecule has 138 valence electrons. The number of methoxy groups -OCH3 is 2. The van der Waals surface area contributed by atoms with Crippen LogP contribution in [0.25, 0.3) is 0 Å². The maximum Gasteiger partial charge on any atom is 0.256 e. The van der Waals surface area contributed by atoms with Gasteiger partial charge in [0, 0.05) is 32.1 Å². The molecule has 1 aliphatic rings. The van der Waals surface area contributed by atoms with Crippen molar-refractivity contribution in [1.82, 2.24) is 20.3 Å². The number of nitrogens with one attached hydrogen (secondary N) is 1. The van der Waals surface area contributed by atoms with Crippen LogP contribution in [0, 0.1) is 6.92 Å². The van der Waals surface area contributed by atoms with E-state index in [9.17, 15) is 4.79 Å². The fourth-order valence-electron chi connectivity index (χ4n) is 3.14. The second kappa shape index (κ2) is 8.09. The van der Waals surface area contributed by atoms with E-state index < -0.39 is 0 Å². The molecule has 0 bridgehead atoms. The van der Waals surface area contributed by atoms with E-state index in [0.717, 1.165) is 24.5 Å². The van der Waals surface area contributed by atoms with Crippen LogP contribution in [0.4, 0.5) is 5.82 Å². The van der Waals surface area contributed by atoms with Gasteiger partial charge in [0.05, 0.1) is 19.3 Å². The second-order valence-electron chi connectivity index (χ2n) is 6.19. The average molecular weight is 357 g/mol. The first-order valence-corrected chi connectivity index (χ1v) is 8.47. The number of hydrogen-bond acceptors (Lipinski definition) is 7. The molecule has 1 saturated heterocycles. The number of hydrogen-bond donors (Lipinski definition) is 1. The van der Waals surface area contributed by atoms with Gasteiger partial charge in [-0.3, -0.25) is 4.79 Å². The van der Waals surface area contributed by atoms with Gasteiger partial charge in [0.2, 0.25) is 5.88 Å². The second-order valence-corrected chi connectivity index (χ2v) is 6.19. The molecule has 1 N–H and O–H groups in total. The number of aromatic nitrogens is 3. The number of amides is 1. The van der Waals surface area contributed by atoms with E-state index in [2.05, 4.69) is 25.2 Å². The minimum Gasteiger partial charge on any atom is -0.480 e. The van der Waals surface area contributed by atoms with E-state index >= 15 is 0 Å². The zero-order chi connectivity index (χ0) is 18.5. The topological polar surface area (TPSA) is 89.5 Å². The van der Waals surface area contributed by atoms with Gasteiger partial charge >= 0.3 is 0 Å². The molecule has 3 heterocycles. The summed E-state index contributed by atoms with van der Waals surface area (Å²) in [6.07, 6.45) is 4.14. The average Bonchev–Trinajstić information content (AvgIpc) is 3.10. The Morgan fingerprint density at radius 2 is 2.19 bits per heavy atom. The summed E-state index contributed by atoms with van der Waals surface area (Å²) in [6, 6.07) is 5.47. The predicted molar refractivity (Wildman–Crippen MR) is 96.4 cm³/mol. The zero-order valence-corrected chi connectivity index (χ0v) is 15.2. The third kappa shape index (κ3) is 3.91. The third-order valence-electron chi connectivity index (χ3n) is 4.51. The molecular formula is C18H23N5O3. The molecule has 0 unspecified atom stereocenters. The normalized spacial score (nSPS) is 19.4. The van der Waals surface area contributed by atoms with Gasteiger partial charge in [0.1, 0.15) is 17.7 Å². The van der Waals surface area contributed by atoms with Crippen molar-refractivity contribution >= 4 is 11.7 Å². The van der Waals surface area contributed by atoms with Gasteiger partial charge in [-0.15, -0.1) is 0 Å². The van der Waals surface area contributed by atoms with Crippen LogP contribution in [-0.2, 0) is 4.74 Å². The van der Waals surface area contributed by atoms with Crippen LogP contribution in [0.15, 0.2) is 30.7 Å². The lowest BCUT2D eigenvalue weighted by atomic mass is 10.2. The van der Waals surface area contributed by atoms with Crippen LogP contribution in [0.1, 0.15) is 22.5 Å². The summed E-state index contributed by atoms with van der Waals surface area (Å²) in [4.78, 5) is 27.2. The van der Waals surface area contributed by atoms with Crippen LogP contribution in [-0.4, -0.2) is 60.3 Å². The number of carbonyl (C=O) groups is 1. The molecule has 3 rings (SSSR count). The van der Waals surface area contributed by atoms with Crippen LogP contribution < -0.4 is 15.0 Å². The summed E-state index contributed by atoms with van der Waals surface area (Å²) in [5.74, 6) is 0.947. The molecule has 0 saturated carbocycles. The van der Waals surface area contributed by atoms with Gasteiger partial charge in [-0.2, -0.15) is 0 Å². The molecule has 0 spiro atoms. The van der Waals surface area contributed by atoms with E-state index in [-0.39, 0.29) is 18.1 Å². The van der Waals surface area contributed by atoms with Gasteiger partial charge in [0.25, 0.3) is 5.91 Å². The number of pyridine rings is 1. The fourth-order valence-corrected chi connectivity index (χ4v) is 3.14. The Balaban J connectivity index is 1.70. The molecule has 8 heteroatoms. The fraction of sp³-hybridized carbons (Fsp3) is 0.444. The Morgan fingerprint density at radius 1 is 1.35 bits per heavy atom. The van der Waals surface area contributed by atoms with Crippen molar-refractivity contribution in [1.29, 1.82) is 0 Å². The first-order valence-electron chi connectivity index (χ1n) is 8.47. The van der Waals surface area contributed by atoms with Crippen LogP contribution in [0.3, 0.4) is 0 Å².